The first kappa shape index (κ1) is 49.6. The highest BCUT2D eigenvalue weighted by atomic mass is 32.2. The smallest absolute Gasteiger partial charge is 0.425 e. The first-order chi connectivity index (χ1) is 31.1. The number of hydrazone groups is 1. The van der Waals surface area contributed by atoms with E-state index in [0.717, 1.165) is 23.2 Å². The summed E-state index contributed by atoms with van der Waals surface area (Å²) in [6.45, 7) is 0. The molecule has 7 N–H and O–H groups in total. The van der Waals surface area contributed by atoms with Crippen molar-refractivity contribution in [2.75, 3.05) is 5.01 Å². The highest BCUT2D eigenvalue weighted by Crippen LogP contribution is 2.50. The van der Waals surface area contributed by atoms with Gasteiger partial charge in [-0.1, -0.05) is 18.2 Å². The van der Waals surface area contributed by atoms with Crippen molar-refractivity contribution in [1.82, 2.24) is 0 Å². The number of carbonyl (C=O) groups is 3. The zero-order valence-electron chi connectivity index (χ0n) is 32.1. The molecule has 0 spiro atoms. The number of nitro benzene ring substituents is 1. The lowest BCUT2D eigenvalue weighted by Crippen LogP contribution is -2.32. The number of rotatable bonds is 13. The van der Waals surface area contributed by atoms with E-state index in [4.69, 9.17) is 12.6 Å². The number of phenols is 2. The van der Waals surface area contributed by atoms with Crippen LogP contribution < -0.4 is 5.01 Å². The zero-order chi connectivity index (χ0) is 49.9. The van der Waals surface area contributed by atoms with Crippen molar-refractivity contribution in [3.8, 4) is 11.5 Å². The Labute approximate surface area is 372 Å². The minimum absolute atomic E-state index is 0.179. The first-order valence-electron chi connectivity index (χ1n) is 17.0. The molecular formula is C33H21N9O21S4. The average Bonchev–Trinajstić information content (AvgIpc) is 3.56. The second-order valence-corrected chi connectivity index (χ2v) is 17.2. The third-order valence-corrected chi connectivity index (χ3v) is 11.0. The van der Waals surface area contributed by atoms with Crippen LogP contribution in [0.3, 0.4) is 0 Å². The number of fused-ring (bicyclic) bond motifs is 1. The lowest BCUT2D eigenvalue weighted by atomic mass is 10.1. The number of carbonyl (C=O) groups excluding carboxylic acids is 1. The summed E-state index contributed by atoms with van der Waals surface area (Å²) in [7, 11) is -19.4. The standard InChI is InChI=1S/C33H21N9O18S3.O3S/c43-29-24-14(10-22(62(55,56)57)25(29)37-34-15-7-9-20(42(50)51)18(12-15)32(46)47)11-23(63(58,59)60)26(30(24)44)38-36-19-8-6-16(13-21(19)61(52,53)54)35-39-27-28(33(48)49)40-41(31(27)45)17-4-2-1-3-5-17;1-4(2)3/h1-13,27,43-44H,(H,46,47)(H,48,49)(H,52,53,54)(H,55,56,57)(H,58,59,60);. The Kier molecular flexibility index (Phi) is 14.0. The number of aromatic hydroxyl groups is 2. The molecule has 1 aliphatic heterocycles. The van der Waals surface area contributed by atoms with E-state index in [1.807, 2.05) is 0 Å². The number of hydrogen-bond donors (Lipinski definition) is 7. The van der Waals surface area contributed by atoms with Gasteiger partial charge in [0.25, 0.3) is 41.9 Å². The fourth-order valence-electron chi connectivity index (χ4n) is 5.62. The van der Waals surface area contributed by atoms with Gasteiger partial charge in [0.2, 0.25) is 6.04 Å². The van der Waals surface area contributed by atoms with Gasteiger partial charge in [-0.3, -0.25) is 28.6 Å². The molecule has 0 bridgehead atoms. The summed E-state index contributed by atoms with van der Waals surface area (Å²) in [5.41, 5.74) is -6.56. The molecule has 1 amide bonds. The van der Waals surface area contributed by atoms with Gasteiger partial charge in [-0.05, 0) is 60.0 Å². The van der Waals surface area contributed by atoms with Crippen molar-refractivity contribution in [1.29, 1.82) is 0 Å². The molecule has 5 aromatic rings. The van der Waals surface area contributed by atoms with Gasteiger partial charge in [-0.2, -0.15) is 50.7 Å². The molecule has 0 fully saturated rings. The van der Waals surface area contributed by atoms with Gasteiger partial charge < -0.3 is 20.4 Å². The molecule has 1 aliphatic rings. The van der Waals surface area contributed by atoms with Crippen LogP contribution in [-0.4, -0.2) is 106 Å². The van der Waals surface area contributed by atoms with Crippen LogP contribution in [0, 0.1) is 10.1 Å². The predicted molar refractivity (Wildman–Crippen MR) is 219 cm³/mol. The van der Waals surface area contributed by atoms with Crippen molar-refractivity contribution in [3.05, 3.63) is 94.5 Å². The van der Waals surface area contributed by atoms with Crippen molar-refractivity contribution >= 4 is 115 Å². The van der Waals surface area contributed by atoms with Crippen LogP contribution in [0.5, 0.6) is 11.5 Å². The number of para-hydroxylation sites is 1. The van der Waals surface area contributed by atoms with Crippen LogP contribution >= 0.6 is 0 Å². The number of anilines is 1. The molecule has 0 radical (unpaired) electrons. The van der Waals surface area contributed by atoms with E-state index in [2.05, 4.69) is 35.8 Å². The summed E-state index contributed by atoms with van der Waals surface area (Å²) in [5, 5.41) is 77.1. The first-order valence-corrected chi connectivity index (χ1v) is 22.3. The van der Waals surface area contributed by atoms with E-state index in [1.165, 1.54) is 12.1 Å². The molecule has 5 aromatic carbocycles. The van der Waals surface area contributed by atoms with Gasteiger partial charge in [-0.25, -0.2) is 9.59 Å². The molecule has 67 heavy (non-hydrogen) atoms. The SMILES string of the molecule is O=C(O)C1=NN(c2ccccc2)C(=O)C1N=Nc1ccc(N=Nc2c(S(=O)(=O)O)cc3cc(S(=O)(=O)O)c(N=Nc4ccc([N+](=O)[O-])c(C(=O)O)c4)c(O)c3c2O)c(S(=O)(=O)O)c1.O=S(=O)=O. The number of nitrogens with zero attached hydrogens (tertiary/aromatic N) is 9. The van der Waals surface area contributed by atoms with Gasteiger partial charge in [-0.15, -0.1) is 28.0 Å². The Hall–Kier alpha value is -8.41. The minimum Gasteiger partial charge on any atom is -0.505 e. The average molecular weight is 1010 g/mol. The minimum atomic E-state index is -5.51. The molecule has 6 rings (SSSR count). The number of carboxylic acid groups (broad SMARTS) is 2. The van der Waals surface area contributed by atoms with Crippen LogP contribution in [0.15, 0.2) is 129 Å². The fraction of sp³-hybridized carbons (Fsp3) is 0.0303. The van der Waals surface area contributed by atoms with Crippen LogP contribution in [0.1, 0.15) is 10.4 Å². The lowest BCUT2D eigenvalue weighted by Gasteiger charge is -2.13. The molecular weight excluding hydrogens is 987 g/mol. The molecule has 34 heteroatoms. The second-order valence-electron chi connectivity index (χ2n) is 12.6. The van der Waals surface area contributed by atoms with Gasteiger partial charge in [0.1, 0.15) is 37.3 Å². The molecule has 1 atom stereocenters. The molecule has 0 aromatic heterocycles. The van der Waals surface area contributed by atoms with E-state index in [-0.39, 0.29) is 5.69 Å². The fourth-order valence-corrected chi connectivity index (χ4v) is 7.58. The number of carboxylic acids is 2. The van der Waals surface area contributed by atoms with Crippen molar-refractivity contribution in [2.45, 2.75) is 20.7 Å². The van der Waals surface area contributed by atoms with Crippen molar-refractivity contribution < 1.29 is 91.3 Å². The van der Waals surface area contributed by atoms with E-state index in [0.29, 0.717) is 30.3 Å². The van der Waals surface area contributed by atoms with E-state index >= 15 is 0 Å². The number of benzene rings is 5. The Morgan fingerprint density at radius 2 is 1.19 bits per heavy atom. The normalized spacial score (nSPS) is 14.4. The summed E-state index contributed by atoms with van der Waals surface area (Å²) in [6, 6.07) is 11.2. The van der Waals surface area contributed by atoms with Crippen LogP contribution in [0.2, 0.25) is 0 Å². The highest BCUT2D eigenvalue weighted by molar-refractivity contribution is 7.86. The molecule has 30 nitrogen and oxygen atoms in total. The number of hydrogen-bond acceptors (Lipinski definition) is 23. The molecule has 0 saturated carbocycles. The number of azo groups is 3. The van der Waals surface area contributed by atoms with Crippen molar-refractivity contribution in [3.63, 3.8) is 0 Å². The predicted octanol–water partition coefficient (Wildman–Crippen LogP) is 4.36. The van der Waals surface area contributed by atoms with Gasteiger partial charge in [0.05, 0.1) is 27.4 Å². The van der Waals surface area contributed by atoms with Gasteiger partial charge >= 0.3 is 22.5 Å². The highest BCUT2D eigenvalue weighted by Gasteiger charge is 2.41. The summed E-state index contributed by atoms with van der Waals surface area (Å²) in [4.78, 5) is 42.9. The monoisotopic (exact) mass is 1010 g/mol. The molecule has 1 unspecified atom stereocenters. The largest absolute Gasteiger partial charge is 0.505 e. The molecule has 348 valence electrons. The molecule has 1 heterocycles. The Morgan fingerprint density at radius 1 is 0.687 bits per heavy atom. The Bertz CT molecular complexity index is 3550. The third-order valence-electron chi connectivity index (χ3n) is 8.38. The summed E-state index contributed by atoms with van der Waals surface area (Å²) < 4.78 is 130. The van der Waals surface area contributed by atoms with Crippen LogP contribution in [0.4, 0.5) is 39.8 Å². The number of aliphatic carboxylic acids is 1. The zero-order valence-corrected chi connectivity index (χ0v) is 35.4. The second kappa shape index (κ2) is 19.0. The van der Waals surface area contributed by atoms with E-state index in [1.54, 1.807) is 18.2 Å². The van der Waals surface area contributed by atoms with Crippen LogP contribution in [0.25, 0.3) is 10.8 Å². The Balaban J connectivity index is 0.00000202. The summed E-state index contributed by atoms with van der Waals surface area (Å²) in [6.07, 6.45) is 0. The van der Waals surface area contributed by atoms with Gasteiger partial charge in [0, 0.05) is 6.07 Å². The maximum absolute atomic E-state index is 13.1. The van der Waals surface area contributed by atoms with Crippen LogP contribution in [-0.2, 0) is 50.6 Å². The summed E-state index contributed by atoms with van der Waals surface area (Å²) >= 11 is 0. The maximum atomic E-state index is 13.1. The number of phenolic OH excluding ortho intramolecular Hbond substituents is 2. The third kappa shape index (κ3) is 11.1. The van der Waals surface area contributed by atoms with Gasteiger partial charge in [0.15, 0.2) is 17.2 Å². The quantitative estimate of drug-likeness (QED) is 0.0372. The topological polar surface area (TPSA) is 479 Å². The maximum Gasteiger partial charge on any atom is 0.425 e. The summed E-state index contributed by atoms with van der Waals surface area (Å²) in [5.74, 6) is -7.20. The number of amides is 1. The Morgan fingerprint density at radius 3 is 1.69 bits per heavy atom. The number of nitro groups is 1. The van der Waals surface area contributed by atoms with E-state index in [9.17, 15) is 83.8 Å². The van der Waals surface area contributed by atoms with E-state index < -0.39 is 152 Å². The van der Waals surface area contributed by atoms with Crippen molar-refractivity contribution in [2.24, 2.45) is 35.8 Å². The number of aromatic carboxylic acids is 1. The lowest BCUT2D eigenvalue weighted by molar-refractivity contribution is -0.385. The molecule has 0 aliphatic carbocycles. The molecule has 0 saturated heterocycles.